The van der Waals surface area contributed by atoms with Gasteiger partial charge in [-0.3, -0.25) is 0 Å². The third-order valence-corrected chi connectivity index (χ3v) is 4.26. The second kappa shape index (κ2) is 4.65. The van der Waals surface area contributed by atoms with Gasteiger partial charge in [0.05, 0.1) is 6.10 Å². The van der Waals surface area contributed by atoms with E-state index in [2.05, 4.69) is 33.8 Å². The third-order valence-electron chi connectivity index (χ3n) is 4.26. The highest BCUT2D eigenvalue weighted by Crippen LogP contribution is 2.35. The summed E-state index contributed by atoms with van der Waals surface area (Å²) in [6.45, 7) is 9.00. The standard InChI is InChI=1S/C15H24O/c1-10(2)13-5-7-14(8-6-13)16-15-9-11(3)12(15)4/h9-10,13-14H,5-8H2,1-4H3. The number of ether oxygens (including phenoxy) is 1. The first-order chi connectivity index (χ1) is 7.58. The minimum atomic E-state index is 0.476. The van der Waals surface area contributed by atoms with Crippen molar-refractivity contribution in [2.24, 2.45) is 11.8 Å². The van der Waals surface area contributed by atoms with E-state index in [9.17, 15) is 0 Å². The van der Waals surface area contributed by atoms with E-state index in [1.165, 1.54) is 36.8 Å². The fraction of sp³-hybridized carbons (Fsp3) is 0.733. The van der Waals surface area contributed by atoms with Gasteiger partial charge < -0.3 is 4.74 Å². The van der Waals surface area contributed by atoms with Crippen molar-refractivity contribution in [3.63, 3.8) is 0 Å². The summed E-state index contributed by atoms with van der Waals surface area (Å²) in [6, 6.07) is 0. The van der Waals surface area contributed by atoms with Gasteiger partial charge in [0.1, 0.15) is 5.76 Å². The van der Waals surface area contributed by atoms with E-state index in [4.69, 9.17) is 4.74 Å². The molecule has 0 saturated heterocycles. The van der Waals surface area contributed by atoms with Crippen LogP contribution in [-0.4, -0.2) is 6.10 Å². The molecule has 1 saturated carbocycles. The van der Waals surface area contributed by atoms with Crippen molar-refractivity contribution in [2.45, 2.75) is 59.5 Å². The van der Waals surface area contributed by atoms with Gasteiger partial charge >= 0.3 is 0 Å². The lowest BCUT2D eigenvalue weighted by atomic mass is 9.80. The molecule has 0 heterocycles. The van der Waals surface area contributed by atoms with Crippen LogP contribution in [0.25, 0.3) is 0 Å². The van der Waals surface area contributed by atoms with E-state index in [0.29, 0.717) is 6.10 Å². The molecule has 0 atom stereocenters. The second-order valence-electron chi connectivity index (χ2n) is 5.72. The maximum absolute atomic E-state index is 6.04. The molecule has 0 aromatic carbocycles. The fourth-order valence-electron chi connectivity index (χ4n) is 2.70. The SMILES string of the molecule is CC1=CC(OC2CCC(C(C)C)CC2)=C1C. The molecule has 0 spiro atoms. The highest BCUT2D eigenvalue weighted by Gasteiger charge is 2.26. The van der Waals surface area contributed by atoms with Crippen LogP contribution >= 0.6 is 0 Å². The zero-order valence-electron chi connectivity index (χ0n) is 11.0. The Morgan fingerprint density at radius 2 is 1.75 bits per heavy atom. The molecular formula is C15H24O. The zero-order chi connectivity index (χ0) is 11.7. The molecule has 0 aliphatic heterocycles. The van der Waals surface area contributed by atoms with E-state index in [-0.39, 0.29) is 0 Å². The topological polar surface area (TPSA) is 9.23 Å². The first kappa shape index (κ1) is 11.8. The van der Waals surface area contributed by atoms with E-state index in [1.807, 2.05) is 0 Å². The number of hydrogen-bond acceptors (Lipinski definition) is 1. The average Bonchev–Trinajstić information content (AvgIpc) is 2.29. The quantitative estimate of drug-likeness (QED) is 0.682. The summed E-state index contributed by atoms with van der Waals surface area (Å²) in [5.74, 6) is 2.91. The first-order valence-electron chi connectivity index (χ1n) is 6.64. The maximum Gasteiger partial charge on any atom is 0.123 e. The summed E-state index contributed by atoms with van der Waals surface area (Å²) < 4.78 is 6.04. The van der Waals surface area contributed by atoms with E-state index >= 15 is 0 Å². The minimum absolute atomic E-state index is 0.476. The molecule has 0 bridgehead atoms. The molecule has 1 nitrogen and oxygen atoms in total. The van der Waals surface area contributed by atoms with Crippen molar-refractivity contribution in [1.82, 2.24) is 0 Å². The van der Waals surface area contributed by atoms with Crippen LogP contribution in [0.15, 0.2) is 23.0 Å². The average molecular weight is 220 g/mol. The van der Waals surface area contributed by atoms with Crippen LogP contribution in [-0.2, 0) is 4.74 Å². The van der Waals surface area contributed by atoms with Crippen LogP contribution in [0.1, 0.15) is 53.4 Å². The Morgan fingerprint density at radius 1 is 1.12 bits per heavy atom. The van der Waals surface area contributed by atoms with Crippen molar-refractivity contribution < 1.29 is 4.74 Å². The van der Waals surface area contributed by atoms with Crippen molar-refractivity contribution in [2.75, 3.05) is 0 Å². The summed E-state index contributed by atoms with van der Waals surface area (Å²) in [7, 11) is 0. The number of hydrogen-bond donors (Lipinski definition) is 0. The lowest BCUT2D eigenvalue weighted by Crippen LogP contribution is -2.25. The molecule has 0 radical (unpaired) electrons. The molecule has 16 heavy (non-hydrogen) atoms. The summed E-state index contributed by atoms with van der Waals surface area (Å²) in [5, 5.41) is 0. The van der Waals surface area contributed by atoms with Crippen LogP contribution < -0.4 is 0 Å². The molecule has 0 aromatic heterocycles. The number of rotatable bonds is 3. The second-order valence-corrected chi connectivity index (χ2v) is 5.72. The molecular weight excluding hydrogens is 196 g/mol. The Labute approximate surface area is 99.6 Å². The molecule has 0 amide bonds. The molecule has 0 aromatic rings. The Balaban J connectivity index is 1.78. The maximum atomic E-state index is 6.04. The predicted octanol–water partition coefficient (Wildman–Crippen LogP) is 4.45. The van der Waals surface area contributed by atoms with Gasteiger partial charge in [-0.1, -0.05) is 13.8 Å². The highest BCUT2D eigenvalue weighted by atomic mass is 16.5. The number of allylic oxidation sites excluding steroid dienone is 3. The van der Waals surface area contributed by atoms with Gasteiger partial charge in [0.2, 0.25) is 0 Å². The van der Waals surface area contributed by atoms with Crippen LogP contribution in [0.3, 0.4) is 0 Å². The van der Waals surface area contributed by atoms with Gasteiger partial charge in [-0.05, 0) is 68.6 Å². The lowest BCUT2D eigenvalue weighted by molar-refractivity contribution is 0.0624. The fourth-order valence-corrected chi connectivity index (χ4v) is 2.70. The van der Waals surface area contributed by atoms with Gasteiger partial charge in [-0.15, -0.1) is 0 Å². The Morgan fingerprint density at radius 3 is 2.19 bits per heavy atom. The van der Waals surface area contributed by atoms with Crippen molar-refractivity contribution in [3.8, 4) is 0 Å². The van der Waals surface area contributed by atoms with E-state index in [0.717, 1.165) is 17.6 Å². The molecule has 0 N–H and O–H groups in total. The molecule has 2 rings (SSSR count). The Hall–Kier alpha value is -0.720. The molecule has 1 heteroatoms. The van der Waals surface area contributed by atoms with Gasteiger partial charge in [0.15, 0.2) is 0 Å². The highest BCUT2D eigenvalue weighted by molar-refractivity contribution is 5.47. The summed E-state index contributed by atoms with van der Waals surface area (Å²) in [5.41, 5.74) is 2.73. The molecule has 2 aliphatic carbocycles. The van der Waals surface area contributed by atoms with Crippen LogP contribution in [0.4, 0.5) is 0 Å². The Bertz CT molecular complexity index is 314. The van der Waals surface area contributed by atoms with Crippen molar-refractivity contribution in [1.29, 1.82) is 0 Å². The van der Waals surface area contributed by atoms with Crippen LogP contribution in [0.5, 0.6) is 0 Å². The Kier molecular flexibility index (Phi) is 3.41. The molecule has 0 unspecified atom stereocenters. The predicted molar refractivity (Wildman–Crippen MR) is 68.1 cm³/mol. The van der Waals surface area contributed by atoms with Crippen molar-refractivity contribution in [3.05, 3.63) is 23.0 Å². The third kappa shape index (κ3) is 2.34. The minimum Gasteiger partial charge on any atom is -0.490 e. The normalized spacial score (nSPS) is 30.2. The van der Waals surface area contributed by atoms with Crippen LogP contribution in [0.2, 0.25) is 0 Å². The van der Waals surface area contributed by atoms with Gasteiger partial charge in [0, 0.05) is 0 Å². The summed E-state index contributed by atoms with van der Waals surface area (Å²) in [6.07, 6.45) is 7.82. The molecule has 1 fully saturated rings. The lowest BCUT2D eigenvalue weighted by Gasteiger charge is -2.33. The molecule has 90 valence electrons. The summed E-state index contributed by atoms with van der Waals surface area (Å²) in [4.78, 5) is 0. The summed E-state index contributed by atoms with van der Waals surface area (Å²) >= 11 is 0. The van der Waals surface area contributed by atoms with Crippen LogP contribution in [0, 0.1) is 11.8 Å². The largest absolute Gasteiger partial charge is 0.490 e. The van der Waals surface area contributed by atoms with Crippen molar-refractivity contribution >= 4 is 0 Å². The molecule has 2 aliphatic rings. The van der Waals surface area contributed by atoms with Gasteiger partial charge in [-0.2, -0.15) is 0 Å². The van der Waals surface area contributed by atoms with E-state index < -0.39 is 0 Å². The van der Waals surface area contributed by atoms with E-state index in [1.54, 1.807) is 0 Å². The monoisotopic (exact) mass is 220 g/mol. The zero-order valence-corrected chi connectivity index (χ0v) is 11.0. The smallest absolute Gasteiger partial charge is 0.123 e. The van der Waals surface area contributed by atoms with Gasteiger partial charge in [-0.25, -0.2) is 0 Å². The first-order valence-corrected chi connectivity index (χ1v) is 6.64. The van der Waals surface area contributed by atoms with Gasteiger partial charge in [0.25, 0.3) is 0 Å².